The van der Waals surface area contributed by atoms with Crippen LogP contribution in [0.15, 0.2) is 54.6 Å². The second-order valence-electron chi connectivity index (χ2n) is 8.21. The molecule has 6 heteroatoms. The molecular formula is C26H32N4O2. The van der Waals surface area contributed by atoms with Gasteiger partial charge in [0.25, 0.3) is 5.91 Å². The quantitative estimate of drug-likeness (QED) is 0.623. The van der Waals surface area contributed by atoms with Gasteiger partial charge in [-0.05, 0) is 62.9 Å². The van der Waals surface area contributed by atoms with Crippen LogP contribution in [0.5, 0.6) is 5.75 Å². The van der Waals surface area contributed by atoms with Crippen molar-refractivity contribution in [2.24, 2.45) is 0 Å². The predicted molar refractivity (Wildman–Crippen MR) is 131 cm³/mol. The van der Waals surface area contributed by atoms with Gasteiger partial charge < -0.3 is 24.4 Å². The molecule has 1 amide bonds. The van der Waals surface area contributed by atoms with E-state index in [9.17, 15) is 4.79 Å². The fourth-order valence-corrected chi connectivity index (χ4v) is 4.47. The Morgan fingerprint density at radius 2 is 1.69 bits per heavy atom. The van der Waals surface area contributed by atoms with Gasteiger partial charge in [-0.25, -0.2) is 0 Å². The molecule has 2 aromatic carbocycles. The van der Waals surface area contributed by atoms with Crippen LogP contribution in [-0.4, -0.2) is 55.2 Å². The van der Waals surface area contributed by atoms with E-state index in [1.807, 2.05) is 62.4 Å². The minimum Gasteiger partial charge on any atom is -0.497 e. The number of ether oxygens (including phenoxy) is 1. The van der Waals surface area contributed by atoms with E-state index < -0.39 is 0 Å². The molecule has 1 N–H and O–H groups in total. The maximum Gasteiger partial charge on any atom is 0.257 e. The lowest BCUT2D eigenvalue weighted by molar-refractivity contribution is 0.102. The first kappa shape index (κ1) is 22.0. The van der Waals surface area contributed by atoms with Gasteiger partial charge in [0.15, 0.2) is 0 Å². The van der Waals surface area contributed by atoms with Crippen molar-refractivity contribution < 1.29 is 9.53 Å². The van der Waals surface area contributed by atoms with Gasteiger partial charge in [-0.3, -0.25) is 4.79 Å². The number of nitrogens with zero attached hydrogens (tertiary/aromatic N) is 3. The predicted octanol–water partition coefficient (Wildman–Crippen LogP) is 4.50. The molecule has 32 heavy (non-hydrogen) atoms. The lowest BCUT2D eigenvalue weighted by Crippen LogP contribution is -2.46. The van der Waals surface area contributed by atoms with Crippen LogP contribution < -0.4 is 15.0 Å². The lowest BCUT2D eigenvalue weighted by Gasteiger charge is -2.36. The number of para-hydroxylation sites is 2. The van der Waals surface area contributed by atoms with Crippen molar-refractivity contribution in [3.05, 3.63) is 71.5 Å². The standard InChI is InChI=1S/C26H32N4O2/c1-5-28-14-16-29(17-15-28)25-9-7-6-8-24(25)27-26(31)23-18-19(2)30(20(23)3)21-10-12-22(32-4)13-11-21/h6-13,18H,5,14-17H2,1-4H3,(H,27,31). The lowest BCUT2D eigenvalue weighted by atomic mass is 10.2. The minimum absolute atomic E-state index is 0.0856. The molecule has 1 aromatic heterocycles. The molecule has 1 aliphatic heterocycles. The number of nitrogens with one attached hydrogen (secondary N) is 1. The number of likely N-dealkylation sites (N-methyl/N-ethyl adjacent to an activating group) is 1. The first-order valence-electron chi connectivity index (χ1n) is 11.2. The normalized spacial score (nSPS) is 14.4. The highest BCUT2D eigenvalue weighted by Crippen LogP contribution is 2.29. The third-order valence-corrected chi connectivity index (χ3v) is 6.32. The van der Waals surface area contributed by atoms with Crippen LogP contribution in [0.2, 0.25) is 0 Å². The number of hydrogen-bond acceptors (Lipinski definition) is 4. The SMILES string of the molecule is CCN1CCN(c2ccccc2NC(=O)c2cc(C)n(-c3ccc(OC)cc3)c2C)CC1. The summed E-state index contributed by atoms with van der Waals surface area (Å²) in [6, 6.07) is 17.9. The zero-order valence-corrected chi connectivity index (χ0v) is 19.4. The van der Waals surface area contributed by atoms with Crippen molar-refractivity contribution in [2.75, 3.05) is 50.1 Å². The Bertz CT molecular complexity index is 1080. The Morgan fingerprint density at radius 1 is 1.00 bits per heavy atom. The smallest absolute Gasteiger partial charge is 0.257 e. The van der Waals surface area contributed by atoms with Crippen LogP contribution in [0.3, 0.4) is 0 Å². The molecule has 0 saturated carbocycles. The summed E-state index contributed by atoms with van der Waals surface area (Å²) in [5, 5.41) is 3.17. The number of aryl methyl sites for hydroxylation is 1. The molecule has 1 saturated heterocycles. The number of hydrogen-bond donors (Lipinski definition) is 1. The number of rotatable bonds is 6. The fourth-order valence-electron chi connectivity index (χ4n) is 4.47. The van der Waals surface area contributed by atoms with Gasteiger partial charge in [0, 0.05) is 43.3 Å². The third-order valence-electron chi connectivity index (χ3n) is 6.32. The largest absolute Gasteiger partial charge is 0.497 e. The number of anilines is 2. The Labute approximate surface area is 190 Å². The topological polar surface area (TPSA) is 49.7 Å². The fraction of sp³-hybridized carbons (Fsp3) is 0.346. The Balaban J connectivity index is 1.56. The first-order chi connectivity index (χ1) is 15.5. The summed E-state index contributed by atoms with van der Waals surface area (Å²) in [7, 11) is 1.66. The maximum atomic E-state index is 13.3. The number of aromatic nitrogens is 1. The van der Waals surface area contributed by atoms with E-state index in [2.05, 4.69) is 32.7 Å². The van der Waals surface area contributed by atoms with E-state index in [0.717, 1.165) is 66.9 Å². The van der Waals surface area contributed by atoms with Crippen LogP contribution in [0.1, 0.15) is 28.7 Å². The van der Waals surface area contributed by atoms with Crippen molar-refractivity contribution in [1.29, 1.82) is 0 Å². The molecule has 3 aromatic rings. The van der Waals surface area contributed by atoms with Gasteiger partial charge in [-0.1, -0.05) is 19.1 Å². The van der Waals surface area contributed by atoms with E-state index in [1.54, 1.807) is 7.11 Å². The molecule has 4 rings (SSSR count). The molecule has 0 bridgehead atoms. The van der Waals surface area contributed by atoms with Crippen molar-refractivity contribution in [3.63, 3.8) is 0 Å². The van der Waals surface area contributed by atoms with Crippen LogP contribution in [0.25, 0.3) is 5.69 Å². The van der Waals surface area contributed by atoms with E-state index in [1.165, 1.54) is 0 Å². The second-order valence-corrected chi connectivity index (χ2v) is 8.21. The Kier molecular flexibility index (Phi) is 6.51. The van der Waals surface area contributed by atoms with E-state index in [4.69, 9.17) is 4.74 Å². The maximum absolute atomic E-state index is 13.3. The van der Waals surface area contributed by atoms with E-state index in [-0.39, 0.29) is 5.91 Å². The molecule has 0 aliphatic carbocycles. The van der Waals surface area contributed by atoms with Crippen molar-refractivity contribution >= 4 is 17.3 Å². The van der Waals surface area contributed by atoms with Crippen LogP contribution >= 0.6 is 0 Å². The summed E-state index contributed by atoms with van der Waals surface area (Å²) in [5.41, 5.74) is 5.57. The van der Waals surface area contributed by atoms with Gasteiger partial charge in [0.1, 0.15) is 5.75 Å². The zero-order valence-electron chi connectivity index (χ0n) is 19.4. The summed E-state index contributed by atoms with van der Waals surface area (Å²) >= 11 is 0. The summed E-state index contributed by atoms with van der Waals surface area (Å²) in [5.74, 6) is 0.725. The summed E-state index contributed by atoms with van der Waals surface area (Å²) in [4.78, 5) is 18.1. The molecule has 6 nitrogen and oxygen atoms in total. The number of carbonyl (C=O) groups excluding carboxylic acids is 1. The number of benzene rings is 2. The average Bonchev–Trinajstić information content (AvgIpc) is 3.13. The third kappa shape index (κ3) is 4.36. The minimum atomic E-state index is -0.0856. The molecule has 1 aliphatic rings. The van der Waals surface area contributed by atoms with Gasteiger partial charge >= 0.3 is 0 Å². The number of amides is 1. The van der Waals surface area contributed by atoms with Crippen molar-refractivity contribution in [1.82, 2.24) is 9.47 Å². The van der Waals surface area contributed by atoms with E-state index in [0.29, 0.717) is 5.56 Å². The first-order valence-corrected chi connectivity index (χ1v) is 11.2. The van der Waals surface area contributed by atoms with Crippen molar-refractivity contribution in [2.45, 2.75) is 20.8 Å². The highest BCUT2D eigenvalue weighted by Gasteiger charge is 2.21. The van der Waals surface area contributed by atoms with Gasteiger partial charge in [0.05, 0.1) is 24.0 Å². The molecule has 1 fully saturated rings. The zero-order chi connectivity index (χ0) is 22.7. The number of methoxy groups -OCH3 is 1. The highest BCUT2D eigenvalue weighted by atomic mass is 16.5. The monoisotopic (exact) mass is 432 g/mol. The van der Waals surface area contributed by atoms with Crippen LogP contribution in [0.4, 0.5) is 11.4 Å². The average molecular weight is 433 g/mol. The molecule has 0 atom stereocenters. The van der Waals surface area contributed by atoms with Gasteiger partial charge in [-0.2, -0.15) is 0 Å². The van der Waals surface area contributed by atoms with Crippen molar-refractivity contribution in [3.8, 4) is 11.4 Å². The number of piperazine rings is 1. The summed E-state index contributed by atoms with van der Waals surface area (Å²) < 4.78 is 7.37. The molecule has 168 valence electrons. The Hall–Kier alpha value is -3.25. The second kappa shape index (κ2) is 9.49. The molecular weight excluding hydrogens is 400 g/mol. The van der Waals surface area contributed by atoms with Gasteiger partial charge in [-0.15, -0.1) is 0 Å². The number of carbonyl (C=O) groups is 1. The van der Waals surface area contributed by atoms with Crippen LogP contribution in [-0.2, 0) is 0 Å². The summed E-state index contributed by atoms with van der Waals surface area (Å²) in [6.45, 7) is 11.3. The van der Waals surface area contributed by atoms with Gasteiger partial charge in [0.2, 0.25) is 0 Å². The van der Waals surface area contributed by atoms with Crippen LogP contribution in [0, 0.1) is 13.8 Å². The molecule has 0 radical (unpaired) electrons. The summed E-state index contributed by atoms with van der Waals surface area (Å²) in [6.07, 6.45) is 0. The molecule has 0 unspecified atom stereocenters. The van der Waals surface area contributed by atoms with E-state index >= 15 is 0 Å². The molecule has 0 spiro atoms. The Morgan fingerprint density at radius 3 is 2.34 bits per heavy atom. The molecule has 2 heterocycles. The highest BCUT2D eigenvalue weighted by molar-refractivity contribution is 6.07.